The summed E-state index contributed by atoms with van der Waals surface area (Å²) in [5.74, 6) is 0. The van der Waals surface area contributed by atoms with Crippen molar-refractivity contribution >= 4 is 0 Å². The molecule has 0 bridgehead atoms. The first-order chi connectivity index (χ1) is 7.54. The second-order valence-corrected chi connectivity index (χ2v) is 4.13. The van der Waals surface area contributed by atoms with Crippen LogP contribution in [0.3, 0.4) is 0 Å². The third kappa shape index (κ3) is 4.87. The molecule has 0 aliphatic heterocycles. The molecular formula is C15H20NRu. The Hall–Kier alpha value is -0.877. The van der Waals surface area contributed by atoms with Crippen molar-refractivity contribution in [1.29, 1.82) is 0 Å². The van der Waals surface area contributed by atoms with Gasteiger partial charge in [0, 0.05) is 17.9 Å². The summed E-state index contributed by atoms with van der Waals surface area (Å²) in [6.07, 6.45) is 1.03. The topological polar surface area (TPSA) is 3.24 Å². The molecule has 0 atom stereocenters. The number of nitrogens with zero attached hydrogens (tertiary/aromatic N) is 1. The summed E-state index contributed by atoms with van der Waals surface area (Å²) < 4.78 is 0. The zero-order valence-electron chi connectivity index (χ0n) is 10.9. The molecule has 0 spiro atoms. The normalized spacial score (nSPS) is 9.35. The van der Waals surface area contributed by atoms with Gasteiger partial charge in [0.1, 0.15) is 0 Å². The number of aryl methyl sites for hydroxylation is 1. The van der Waals surface area contributed by atoms with Crippen molar-refractivity contribution in [2.45, 2.75) is 33.7 Å². The van der Waals surface area contributed by atoms with Gasteiger partial charge in [-0.25, -0.2) is 0 Å². The van der Waals surface area contributed by atoms with Crippen LogP contribution in [0.4, 0.5) is 0 Å². The summed E-state index contributed by atoms with van der Waals surface area (Å²) in [7, 11) is 0. The van der Waals surface area contributed by atoms with E-state index in [1.54, 1.807) is 0 Å². The predicted octanol–water partition coefficient (Wildman–Crippen LogP) is 3.92. The van der Waals surface area contributed by atoms with Gasteiger partial charge in [-0.05, 0) is 13.8 Å². The monoisotopic (exact) mass is 316 g/mol. The first-order valence-corrected chi connectivity index (χ1v) is 5.62. The van der Waals surface area contributed by atoms with Crippen molar-refractivity contribution in [2.75, 3.05) is 0 Å². The minimum Gasteiger partial charge on any atom is -0.357 e. The fraction of sp³-hybridized carbons (Fsp3) is 0.333. The molecule has 17 heavy (non-hydrogen) atoms. The van der Waals surface area contributed by atoms with Gasteiger partial charge in [0.2, 0.25) is 0 Å². The molecule has 1 rings (SSSR count). The zero-order chi connectivity index (χ0) is 12.1. The molecule has 1 aromatic carbocycles. The third-order valence-electron chi connectivity index (χ3n) is 2.58. The van der Waals surface area contributed by atoms with Crippen molar-refractivity contribution < 1.29 is 19.5 Å². The Balaban J connectivity index is 0.00000256. The van der Waals surface area contributed by atoms with E-state index in [1.807, 2.05) is 13.8 Å². The Morgan fingerprint density at radius 1 is 1.24 bits per heavy atom. The third-order valence-corrected chi connectivity index (χ3v) is 2.58. The van der Waals surface area contributed by atoms with Crippen molar-refractivity contribution in [3.63, 3.8) is 0 Å². The standard InChI is InChI=1S/C15H20N.Ru/c1-6-14-7-9-15(10-8-14)11-16(12(2)3)13(4)5;/h7,9-10H,2,4,6,11H2,1,3,5H3;/q-1;+1. The number of hydrogen-bond acceptors (Lipinski definition) is 1. The van der Waals surface area contributed by atoms with Crippen LogP contribution in [0.5, 0.6) is 0 Å². The van der Waals surface area contributed by atoms with Gasteiger partial charge in [-0.15, -0.1) is 5.56 Å². The van der Waals surface area contributed by atoms with E-state index in [9.17, 15) is 0 Å². The van der Waals surface area contributed by atoms with E-state index in [0.29, 0.717) is 0 Å². The number of benzene rings is 1. The van der Waals surface area contributed by atoms with Gasteiger partial charge in [-0.1, -0.05) is 26.5 Å². The molecule has 0 amide bonds. The van der Waals surface area contributed by atoms with Gasteiger partial charge in [0.05, 0.1) is 0 Å². The molecule has 1 aromatic rings. The van der Waals surface area contributed by atoms with Crippen LogP contribution in [0.15, 0.2) is 42.8 Å². The van der Waals surface area contributed by atoms with Crippen LogP contribution in [0.2, 0.25) is 0 Å². The summed E-state index contributed by atoms with van der Waals surface area (Å²) in [5.41, 5.74) is 4.53. The Labute approximate surface area is 118 Å². The van der Waals surface area contributed by atoms with E-state index >= 15 is 0 Å². The summed E-state index contributed by atoms with van der Waals surface area (Å²) >= 11 is 0. The molecule has 0 aliphatic carbocycles. The molecule has 0 N–H and O–H groups in total. The second-order valence-electron chi connectivity index (χ2n) is 4.13. The quantitative estimate of drug-likeness (QED) is 0.588. The zero-order valence-corrected chi connectivity index (χ0v) is 12.6. The Morgan fingerprint density at radius 2 is 1.82 bits per heavy atom. The maximum Gasteiger partial charge on any atom is 1.00 e. The molecule has 0 aliphatic rings. The first kappa shape index (κ1) is 16.1. The van der Waals surface area contributed by atoms with E-state index in [-0.39, 0.29) is 19.5 Å². The van der Waals surface area contributed by atoms with Crippen molar-refractivity contribution in [3.8, 4) is 0 Å². The SMILES string of the molecule is C=C(C)N(Cc1c[c-]c(CC)cc1)C(=C)C.[Ru+]. The molecule has 0 saturated heterocycles. The van der Waals surface area contributed by atoms with Gasteiger partial charge < -0.3 is 4.90 Å². The van der Waals surface area contributed by atoms with Crippen LogP contribution in [-0.2, 0) is 32.4 Å². The molecule has 0 unspecified atom stereocenters. The van der Waals surface area contributed by atoms with Crippen LogP contribution in [-0.4, -0.2) is 4.90 Å². The largest absolute Gasteiger partial charge is 1.00 e. The van der Waals surface area contributed by atoms with E-state index in [1.165, 1.54) is 11.1 Å². The molecule has 0 heterocycles. The van der Waals surface area contributed by atoms with Crippen molar-refractivity contribution in [1.82, 2.24) is 4.90 Å². The molecule has 1 nitrogen and oxygen atoms in total. The molecule has 0 aromatic heterocycles. The average molecular weight is 315 g/mol. The van der Waals surface area contributed by atoms with Gasteiger partial charge in [-0.3, -0.25) is 0 Å². The van der Waals surface area contributed by atoms with Gasteiger partial charge >= 0.3 is 19.5 Å². The first-order valence-electron chi connectivity index (χ1n) is 5.62. The number of hydrogen-bond donors (Lipinski definition) is 0. The minimum atomic E-state index is 0. The van der Waals surface area contributed by atoms with Crippen LogP contribution in [0, 0.1) is 6.07 Å². The van der Waals surface area contributed by atoms with Crippen LogP contribution < -0.4 is 0 Å². The van der Waals surface area contributed by atoms with Gasteiger partial charge in [0.25, 0.3) is 0 Å². The fourth-order valence-corrected chi connectivity index (χ4v) is 1.59. The summed E-state index contributed by atoms with van der Waals surface area (Å²) in [6, 6.07) is 9.61. The maximum atomic E-state index is 3.96. The van der Waals surface area contributed by atoms with E-state index < -0.39 is 0 Å². The molecule has 2 heteroatoms. The molecule has 0 saturated carbocycles. The second kappa shape index (κ2) is 7.45. The van der Waals surface area contributed by atoms with Crippen molar-refractivity contribution in [2.24, 2.45) is 0 Å². The molecule has 1 radical (unpaired) electrons. The van der Waals surface area contributed by atoms with Gasteiger partial charge in [0.15, 0.2) is 0 Å². The van der Waals surface area contributed by atoms with E-state index in [2.05, 4.69) is 49.2 Å². The Kier molecular flexibility index (Phi) is 7.07. The Morgan fingerprint density at radius 3 is 2.18 bits per heavy atom. The molecular weight excluding hydrogens is 295 g/mol. The predicted molar refractivity (Wildman–Crippen MR) is 69.8 cm³/mol. The van der Waals surface area contributed by atoms with E-state index in [0.717, 1.165) is 24.4 Å². The average Bonchev–Trinajstić information content (AvgIpc) is 2.25. The number of rotatable bonds is 5. The Bertz CT molecular complexity index is 364. The summed E-state index contributed by atoms with van der Waals surface area (Å²) in [5, 5.41) is 0. The van der Waals surface area contributed by atoms with Gasteiger partial charge in [-0.2, -0.15) is 29.8 Å². The van der Waals surface area contributed by atoms with Crippen molar-refractivity contribution in [3.05, 3.63) is 59.9 Å². The van der Waals surface area contributed by atoms with E-state index in [4.69, 9.17) is 0 Å². The smallest absolute Gasteiger partial charge is 0.357 e. The number of allylic oxidation sites excluding steroid dienone is 2. The van der Waals surface area contributed by atoms with Crippen LogP contribution >= 0.6 is 0 Å². The summed E-state index contributed by atoms with van der Waals surface area (Å²) in [4.78, 5) is 2.11. The maximum absolute atomic E-state index is 3.96. The fourth-order valence-electron chi connectivity index (χ4n) is 1.59. The summed E-state index contributed by atoms with van der Waals surface area (Å²) in [6.45, 7) is 14.9. The minimum absolute atomic E-state index is 0. The molecule has 93 valence electrons. The van der Waals surface area contributed by atoms with Crippen LogP contribution in [0.25, 0.3) is 0 Å². The molecule has 0 fully saturated rings. The van der Waals surface area contributed by atoms with Crippen LogP contribution in [0.1, 0.15) is 31.9 Å².